The number of thiazole rings is 1. The summed E-state index contributed by atoms with van der Waals surface area (Å²) in [6, 6.07) is 13.6. The maximum atomic E-state index is 11.9. The van der Waals surface area contributed by atoms with E-state index in [-0.39, 0.29) is 11.8 Å². The minimum absolute atomic E-state index is 0.137. The number of ether oxygens (including phenoxy) is 1. The largest absolute Gasteiger partial charge is 0.496 e. The van der Waals surface area contributed by atoms with Gasteiger partial charge >= 0.3 is 0 Å². The van der Waals surface area contributed by atoms with Gasteiger partial charge in [0.05, 0.1) is 28.5 Å². The Labute approximate surface area is 184 Å². The average Bonchev–Trinajstić information content (AvgIpc) is 3.29. The molecule has 4 aromatic rings. The first-order valence-corrected chi connectivity index (χ1v) is 10.8. The highest BCUT2D eigenvalue weighted by molar-refractivity contribution is 7.16. The molecular weight excluding hydrogens is 410 g/mol. The van der Waals surface area contributed by atoms with Gasteiger partial charge in [-0.05, 0) is 29.8 Å². The number of methoxy groups -OCH3 is 1. The number of aromatic nitrogens is 3. The molecule has 0 saturated heterocycles. The van der Waals surface area contributed by atoms with Crippen molar-refractivity contribution in [1.29, 1.82) is 0 Å². The maximum Gasteiger partial charge on any atom is 0.251 e. The van der Waals surface area contributed by atoms with Crippen LogP contribution in [0.5, 0.6) is 5.75 Å². The lowest BCUT2D eigenvalue weighted by atomic mass is 9.98. The van der Waals surface area contributed by atoms with Gasteiger partial charge in [-0.3, -0.25) is 4.79 Å². The van der Waals surface area contributed by atoms with Gasteiger partial charge in [0.15, 0.2) is 0 Å². The molecule has 8 heteroatoms. The van der Waals surface area contributed by atoms with Crippen LogP contribution in [0.1, 0.15) is 28.8 Å². The predicted molar refractivity (Wildman–Crippen MR) is 124 cm³/mol. The normalized spacial score (nSPS) is 11.8. The highest BCUT2D eigenvalue weighted by Crippen LogP contribution is 2.29. The van der Waals surface area contributed by atoms with Crippen molar-refractivity contribution in [3.8, 4) is 17.0 Å². The summed E-state index contributed by atoms with van der Waals surface area (Å²) in [6.07, 6.45) is 1.56. The number of anilines is 1. The van der Waals surface area contributed by atoms with Gasteiger partial charge < -0.3 is 15.4 Å². The monoisotopic (exact) mass is 433 g/mol. The van der Waals surface area contributed by atoms with Gasteiger partial charge in [0.2, 0.25) is 0 Å². The first kappa shape index (κ1) is 20.7. The lowest BCUT2D eigenvalue weighted by Gasteiger charge is -2.17. The van der Waals surface area contributed by atoms with Crippen molar-refractivity contribution in [1.82, 2.24) is 20.3 Å². The van der Waals surface area contributed by atoms with Crippen molar-refractivity contribution in [2.24, 2.45) is 0 Å². The molecule has 0 saturated carbocycles. The van der Waals surface area contributed by atoms with Gasteiger partial charge in [-0.1, -0.05) is 19.1 Å². The topological polar surface area (TPSA) is 89.0 Å². The number of benzene rings is 2. The van der Waals surface area contributed by atoms with Crippen molar-refractivity contribution in [2.75, 3.05) is 26.0 Å². The van der Waals surface area contributed by atoms with Crippen LogP contribution in [0.2, 0.25) is 0 Å². The Morgan fingerprint density at radius 1 is 1.13 bits per heavy atom. The van der Waals surface area contributed by atoms with Gasteiger partial charge in [0.1, 0.15) is 17.9 Å². The number of hydrogen-bond acceptors (Lipinski definition) is 7. The third-order valence-corrected chi connectivity index (χ3v) is 5.95. The van der Waals surface area contributed by atoms with Crippen molar-refractivity contribution >= 4 is 33.3 Å². The molecule has 0 radical (unpaired) electrons. The maximum absolute atomic E-state index is 11.9. The van der Waals surface area contributed by atoms with E-state index in [1.807, 2.05) is 35.8 Å². The van der Waals surface area contributed by atoms with Crippen LogP contribution in [0, 0.1) is 0 Å². The Balaban J connectivity index is 1.49. The molecule has 0 aliphatic rings. The Morgan fingerprint density at radius 2 is 2.00 bits per heavy atom. The van der Waals surface area contributed by atoms with Gasteiger partial charge in [0.25, 0.3) is 5.91 Å². The number of nitrogens with zero attached hydrogens (tertiary/aromatic N) is 3. The lowest BCUT2D eigenvalue weighted by Crippen LogP contribution is -2.18. The fourth-order valence-electron chi connectivity index (χ4n) is 3.40. The molecule has 2 aromatic heterocycles. The number of carbonyl (C=O) groups is 1. The molecule has 158 valence electrons. The van der Waals surface area contributed by atoms with E-state index >= 15 is 0 Å². The summed E-state index contributed by atoms with van der Waals surface area (Å²) in [4.78, 5) is 25.0. The van der Waals surface area contributed by atoms with Crippen molar-refractivity contribution < 1.29 is 9.53 Å². The minimum atomic E-state index is -0.139. The SMILES string of the molecule is CNC(=O)c1ccc([C@H](C)CNc2cc(-c3ccc4scnc4c3)ncn2)c(OC)c1. The van der Waals surface area contributed by atoms with Crippen LogP contribution < -0.4 is 15.4 Å². The molecule has 31 heavy (non-hydrogen) atoms. The Morgan fingerprint density at radius 3 is 2.81 bits per heavy atom. The van der Waals surface area contributed by atoms with Crippen LogP contribution in [0.3, 0.4) is 0 Å². The molecule has 0 aliphatic carbocycles. The fraction of sp³-hybridized carbons (Fsp3) is 0.217. The van der Waals surface area contributed by atoms with Crippen LogP contribution >= 0.6 is 11.3 Å². The molecule has 7 nitrogen and oxygen atoms in total. The van der Waals surface area contributed by atoms with Crippen LogP contribution in [-0.2, 0) is 0 Å². The molecule has 0 aliphatic heterocycles. The number of hydrogen-bond donors (Lipinski definition) is 2. The zero-order valence-electron chi connectivity index (χ0n) is 17.5. The van der Waals surface area contributed by atoms with Crippen molar-refractivity contribution in [3.05, 3.63) is 65.4 Å². The second kappa shape index (κ2) is 9.09. The second-order valence-electron chi connectivity index (χ2n) is 7.14. The minimum Gasteiger partial charge on any atom is -0.496 e. The van der Waals surface area contributed by atoms with Crippen LogP contribution in [-0.4, -0.2) is 41.6 Å². The number of fused-ring (bicyclic) bond motifs is 1. The van der Waals surface area contributed by atoms with Crippen LogP contribution in [0.15, 0.2) is 54.3 Å². The molecule has 1 atom stereocenters. The van der Waals surface area contributed by atoms with Gasteiger partial charge in [-0.15, -0.1) is 11.3 Å². The van der Waals surface area contributed by atoms with Gasteiger partial charge in [-0.2, -0.15) is 0 Å². The quantitative estimate of drug-likeness (QED) is 0.451. The molecular formula is C23H23N5O2S. The third kappa shape index (κ3) is 4.49. The summed E-state index contributed by atoms with van der Waals surface area (Å²) in [5.41, 5.74) is 6.25. The van der Waals surface area contributed by atoms with E-state index < -0.39 is 0 Å². The number of carbonyl (C=O) groups excluding carboxylic acids is 1. The highest BCUT2D eigenvalue weighted by atomic mass is 32.1. The smallest absolute Gasteiger partial charge is 0.251 e. The number of nitrogens with one attached hydrogen (secondary N) is 2. The summed E-state index contributed by atoms with van der Waals surface area (Å²) < 4.78 is 6.67. The predicted octanol–water partition coefficient (Wildman–Crippen LogP) is 4.34. The average molecular weight is 434 g/mol. The van der Waals surface area contributed by atoms with Crippen LogP contribution in [0.4, 0.5) is 5.82 Å². The van der Waals surface area contributed by atoms with Gasteiger partial charge in [0, 0.05) is 36.7 Å². The zero-order chi connectivity index (χ0) is 21.8. The van der Waals surface area contributed by atoms with Crippen LogP contribution in [0.25, 0.3) is 21.5 Å². The molecule has 0 bridgehead atoms. The van der Waals surface area contributed by atoms with E-state index in [4.69, 9.17) is 4.74 Å². The number of amides is 1. The Hall–Kier alpha value is -3.52. The summed E-state index contributed by atoms with van der Waals surface area (Å²) in [7, 11) is 3.22. The molecule has 4 rings (SSSR count). The lowest BCUT2D eigenvalue weighted by molar-refractivity contribution is 0.0962. The van der Waals surface area contributed by atoms with Gasteiger partial charge in [-0.25, -0.2) is 15.0 Å². The molecule has 2 heterocycles. The molecule has 2 aromatic carbocycles. The van der Waals surface area contributed by atoms with E-state index in [1.54, 1.807) is 37.9 Å². The molecule has 0 fully saturated rings. The van der Waals surface area contributed by atoms with Crippen molar-refractivity contribution in [3.63, 3.8) is 0 Å². The molecule has 2 N–H and O–H groups in total. The van der Waals surface area contributed by atoms with E-state index in [2.05, 4.69) is 38.6 Å². The second-order valence-corrected chi connectivity index (χ2v) is 8.03. The molecule has 1 amide bonds. The van der Waals surface area contributed by atoms with E-state index in [0.717, 1.165) is 32.9 Å². The summed E-state index contributed by atoms with van der Waals surface area (Å²) >= 11 is 1.62. The first-order chi connectivity index (χ1) is 15.1. The zero-order valence-corrected chi connectivity index (χ0v) is 18.4. The number of rotatable bonds is 7. The molecule has 0 unspecified atom stereocenters. The van der Waals surface area contributed by atoms with E-state index in [1.165, 1.54) is 0 Å². The van der Waals surface area contributed by atoms with E-state index in [9.17, 15) is 4.79 Å². The molecule has 0 spiro atoms. The third-order valence-electron chi connectivity index (χ3n) is 5.14. The first-order valence-electron chi connectivity index (χ1n) is 9.88. The fourth-order valence-corrected chi connectivity index (χ4v) is 4.06. The standard InChI is InChI=1S/C23H23N5O2S/c1-14(17-6-4-16(23(29)24-2)9-20(17)30-3)11-25-22-10-18(26-12-27-22)15-5-7-21-19(8-15)28-13-31-21/h4-10,12-14H,11H2,1-3H3,(H,24,29)(H,25,26,27)/t14-/m1/s1. The highest BCUT2D eigenvalue weighted by Gasteiger charge is 2.15. The summed E-state index contributed by atoms with van der Waals surface area (Å²) in [6.45, 7) is 2.75. The van der Waals surface area contributed by atoms with Crippen molar-refractivity contribution in [2.45, 2.75) is 12.8 Å². The summed E-state index contributed by atoms with van der Waals surface area (Å²) in [5, 5.41) is 6.02. The van der Waals surface area contributed by atoms with E-state index in [0.29, 0.717) is 17.9 Å². The summed E-state index contributed by atoms with van der Waals surface area (Å²) in [5.74, 6) is 1.44. The Kier molecular flexibility index (Phi) is 6.08. The Bertz CT molecular complexity index is 1220.